The van der Waals surface area contributed by atoms with E-state index in [1.165, 1.54) is 66.3 Å². The minimum absolute atomic E-state index is 1.10. The van der Waals surface area contributed by atoms with E-state index in [1.807, 2.05) is 6.07 Å². The Balaban J connectivity index is 1.24. The Kier molecular flexibility index (Phi) is 6.70. The maximum Gasteiger partial charge on any atom is 0.0547 e. The molecule has 0 saturated carbocycles. The van der Waals surface area contributed by atoms with Crippen molar-refractivity contribution in [1.29, 1.82) is 0 Å². The normalized spacial score (nSPS) is 11.3. The third kappa shape index (κ3) is 4.74. The van der Waals surface area contributed by atoms with Crippen molar-refractivity contribution in [3.8, 4) is 50.2 Å². The van der Waals surface area contributed by atoms with Crippen molar-refractivity contribution >= 4 is 37.7 Å². The largest absolute Gasteiger partial charge is 0.309 e. The van der Waals surface area contributed by atoms with Crippen LogP contribution in [0.3, 0.4) is 0 Å². The van der Waals surface area contributed by atoms with Crippen molar-refractivity contribution in [3.05, 3.63) is 174 Å². The Morgan fingerprint density at radius 3 is 1.70 bits per heavy atom. The predicted octanol–water partition coefficient (Wildman–Crippen LogP) is 12.2. The molecule has 2 heteroatoms. The summed E-state index contributed by atoms with van der Waals surface area (Å²) in [5.41, 5.74) is 13.2. The van der Waals surface area contributed by atoms with Gasteiger partial charge in [0, 0.05) is 20.9 Å². The number of para-hydroxylation sites is 1. The Morgan fingerprint density at radius 1 is 0.341 bits per heavy atom. The zero-order valence-electron chi connectivity index (χ0n) is 24.0. The lowest BCUT2D eigenvalue weighted by molar-refractivity contribution is 1.18. The molecule has 0 bridgehead atoms. The van der Waals surface area contributed by atoms with Gasteiger partial charge in [-0.05, 0) is 80.9 Å². The smallest absolute Gasteiger partial charge is 0.0547 e. The summed E-state index contributed by atoms with van der Waals surface area (Å²) >= 11 is 3.70. The first-order valence-corrected chi connectivity index (χ1v) is 15.7. The van der Waals surface area contributed by atoms with Crippen molar-refractivity contribution in [2.45, 2.75) is 0 Å². The molecule has 1 nitrogen and oxygen atoms in total. The minimum Gasteiger partial charge on any atom is -0.309 e. The molecule has 1 aromatic heterocycles. The number of aromatic nitrogens is 1. The molecule has 0 saturated heterocycles. The van der Waals surface area contributed by atoms with Gasteiger partial charge in [-0.2, -0.15) is 0 Å². The van der Waals surface area contributed by atoms with Gasteiger partial charge in [0.25, 0.3) is 0 Å². The predicted molar refractivity (Wildman–Crippen MR) is 190 cm³/mol. The zero-order valence-corrected chi connectivity index (χ0v) is 25.6. The van der Waals surface area contributed by atoms with Gasteiger partial charge in [0.05, 0.1) is 11.0 Å². The van der Waals surface area contributed by atoms with E-state index < -0.39 is 0 Å². The molecule has 1 heterocycles. The van der Waals surface area contributed by atoms with E-state index in [2.05, 4.69) is 184 Å². The summed E-state index contributed by atoms with van der Waals surface area (Å²) in [5, 5.41) is 2.51. The van der Waals surface area contributed by atoms with E-state index in [4.69, 9.17) is 0 Å². The van der Waals surface area contributed by atoms with E-state index in [0.717, 1.165) is 10.2 Å². The van der Waals surface area contributed by atoms with Gasteiger partial charge in [0.1, 0.15) is 0 Å². The third-order valence-corrected chi connectivity index (χ3v) is 9.18. The summed E-state index contributed by atoms with van der Waals surface area (Å²) in [5.74, 6) is 0. The SMILES string of the molecule is Brc1ccccc1-c1ccc(-c2ccc3c4ccccc4n(-c4cccc(-c5cccc(-c6ccccc6)c5)c4)c3c2)cc1. The summed E-state index contributed by atoms with van der Waals surface area (Å²) in [7, 11) is 0. The molecule has 7 aromatic carbocycles. The average Bonchev–Trinajstić information content (AvgIpc) is 3.43. The van der Waals surface area contributed by atoms with Crippen molar-refractivity contribution in [2.24, 2.45) is 0 Å². The first kappa shape index (κ1) is 26.4. The van der Waals surface area contributed by atoms with Crippen molar-refractivity contribution < 1.29 is 0 Å². The molecule has 0 atom stereocenters. The van der Waals surface area contributed by atoms with Crippen LogP contribution in [0.2, 0.25) is 0 Å². The van der Waals surface area contributed by atoms with Gasteiger partial charge in [-0.25, -0.2) is 0 Å². The molecule has 0 amide bonds. The van der Waals surface area contributed by atoms with Gasteiger partial charge in [0.15, 0.2) is 0 Å². The first-order chi connectivity index (χ1) is 21.7. The Bertz CT molecular complexity index is 2280. The van der Waals surface area contributed by atoms with Crippen molar-refractivity contribution in [1.82, 2.24) is 4.57 Å². The molecule has 0 aliphatic carbocycles. The Labute approximate surface area is 265 Å². The van der Waals surface area contributed by atoms with Crippen molar-refractivity contribution in [3.63, 3.8) is 0 Å². The van der Waals surface area contributed by atoms with E-state index in [1.54, 1.807) is 0 Å². The van der Waals surface area contributed by atoms with Gasteiger partial charge in [-0.15, -0.1) is 0 Å². The molecule has 0 fully saturated rings. The monoisotopic (exact) mass is 625 g/mol. The number of hydrogen-bond acceptors (Lipinski definition) is 0. The number of hydrogen-bond donors (Lipinski definition) is 0. The maximum atomic E-state index is 3.70. The first-order valence-electron chi connectivity index (χ1n) is 14.9. The molecule has 8 rings (SSSR count). The molecular weight excluding hydrogens is 598 g/mol. The van der Waals surface area contributed by atoms with E-state index >= 15 is 0 Å². The van der Waals surface area contributed by atoms with Crippen LogP contribution >= 0.6 is 15.9 Å². The summed E-state index contributed by atoms with van der Waals surface area (Å²) in [6.45, 7) is 0. The second kappa shape index (κ2) is 11.1. The molecule has 208 valence electrons. The van der Waals surface area contributed by atoms with E-state index in [0.29, 0.717) is 0 Å². The van der Waals surface area contributed by atoms with Crippen LogP contribution < -0.4 is 0 Å². The lowest BCUT2D eigenvalue weighted by Gasteiger charge is -2.12. The summed E-state index contributed by atoms with van der Waals surface area (Å²) < 4.78 is 3.52. The standard InChI is InChI=1S/C42H28BrN/c43-40-18-6-4-16-37(40)31-22-20-30(21-23-31)35-24-25-39-38-17-5-7-19-41(38)44(42(39)28-35)36-15-9-14-34(27-36)33-13-8-12-32(26-33)29-10-2-1-3-11-29/h1-28H. The van der Waals surface area contributed by atoms with Gasteiger partial charge >= 0.3 is 0 Å². The highest BCUT2D eigenvalue weighted by Gasteiger charge is 2.14. The maximum absolute atomic E-state index is 3.70. The molecule has 0 N–H and O–H groups in total. The Hall–Kier alpha value is -5.18. The molecule has 44 heavy (non-hydrogen) atoms. The van der Waals surface area contributed by atoms with Crippen LogP contribution in [-0.4, -0.2) is 4.57 Å². The highest BCUT2D eigenvalue weighted by Crippen LogP contribution is 2.37. The lowest BCUT2D eigenvalue weighted by Crippen LogP contribution is -1.94. The van der Waals surface area contributed by atoms with Crippen LogP contribution in [0.15, 0.2) is 174 Å². The quantitative estimate of drug-likeness (QED) is 0.179. The number of nitrogens with zero attached hydrogens (tertiary/aromatic N) is 1. The van der Waals surface area contributed by atoms with Crippen LogP contribution in [0.5, 0.6) is 0 Å². The Morgan fingerprint density at radius 2 is 0.886 bits per heavy atom. The van der Waals surface area contributed by atoms with Crippen LogP contribution in [-0.2, 0) is 0 Å². The number of fused-ring (bicyclic) bond motifs is 3. The molecule has 0 spiro atoms. The topological polar surface area (TPSA) is 4.93 Å². The molecule has 0 radical (unpaired) electrons. The second-order valence-electron chi connectivity index (χ2n) is 11.1. The van der Waals surface area contributed by atoms with Crippen LogP contribution in [0, 0.1) is 0 Å². The summed E-state index contributed by atoms with van der Waals surface area (Å²) in [6, 6.07) is 61.1. The molecule has 8 aromatic rings. The van der Waals surface area contributed by atoms with E-state index in [9.17, 15) is 0 Å². The number of rotatable bonds is 5. The number of halogens is 1. The molecular formula is C42H28BrN. The van der Waals surface area contributed by atoms with Gasteiger partial charge in [-0.3, -0.25) is 0 Å². The van der Waals surface area contributed by atoms with Gasteiger partial charge in [-0.1, -0.05) is 149 Å². The van der Waals surface area contributed by atoms with Gasteiger partial charge < -0.3 is 4.57 Å². The molecule has 0 aliphatic rings. The highest BCUT2D eigenvalue weighted by molar-refractivity contribution is 9.10. The fourth-order valence-electron chi connectivity index (χ4n) is 6.30. The van der Waals surface area contributed by atoms with E-state index in [-0.39, 0.29) is 0 Å². The van der Waals surface area contributed by atoms with Crippen molar-refractivity contribution in [2.75, 3.05) is 0 Å². The number of benzene rings is 7. The minimum atomic E-state index is 1.10. The van der Waals surface area contributed by atoms with Crippen LogP contribution in [0.25, 0.3) is 72.0 Å². The fourth-order valence-corrected chi connectivity index (χ4v) is 6.81. The lowest BCUT2D eigenvalue weighted by atomic mass is 9.98. The second-order valence-corrected chi connectivity index (χ2v) is 12.0. The summed E-state index contributed by atoms with van der Waals surface area (Å²) in [4.78, 5) is 0. The van der Waals surface area contributed by atoms with Gasteiger partial charge in [0.2, 0.25) is 0 Å². The highest BCUT2D eigenvalue weighted by atomic mass is 79.9. The van der Waals surface area contributed by atoms with Crippen LogP contribution in [0.1, 0.15) is 0 Å². The molecule has 0 aliphatic heterocycles. The molecule has 0 unspecified atom stereocenters. The third-order valence-electron chi connectivity index (χ3n) is 8.48. The van der Waals surface area contributed by atoms with Crippen LogP contribution in [0.4, 0.5) is 0 Å². The zero-order chi connectivity index (χ0) is 29.5. The fraction of sp³-hybridized carbons (Fsp3) is 0. The average molecular weight is 627 g/mol. The summed E-state index contributed by atoms with van der Waals surface area (Å²) in [6.07, 6.45) is 0.